The van der Waals surface area contributed by atoms with E-state index in [1.165, 1.54) is 22.0 Å². The lowest BCUT2D eigenvalue weighted by Crippen LogP contribution is -2.16. The van der Waals surface area contributed by atoms with E-state index in [0.717, 1.165) is 34.2 Å². The summed E-state index contributed by atoms with van der Waals surface area (Å²) in [4.78, 5) is 3.33. The zero-order chi connectivity index (χ0) is 16.9. The third-order valence-electron chi connectivity index (χ3n) is 3.92. The lowest BCUT2D eigenvalue weighted by atomic mass is 10.1. The van der Waals surface area contributed by atoms with Crippen LogP contribution in [-0.4, -0.2) is 18.1 Å². The van der Waals surface area contributed by atoms with Gasteiger partial charge < -0.3 is 15.0 Å². The smallest absolute Gasteiger partial charge is 0.147 e. The lowest BCUT2D eigenvalue weighted by Gasteiger charge is -2.11. The van der Waals surface area contributed by atoms with Gasteiger partial charge in [0.05, 0.1) is 15.6 Å². The summed E-state index contributed by atoms with van der Waals surface area (Å²) in [5.41, 5.74) is 3.77. The Morgan fingerprint density at radius 2 is 1.84 bits per heavy atom. The molecular weight excluding hydrogens is 467 g/mol. The summed E-state index contributed by atoms with van der Waals surface area (Å²) >= 11 is 7.16. The van der Waals surface area contributed by atoms with Crippen molar-refractivity contribution in [2.75, 3.05) is 13.2 Å². The van der Waals surface area contributed by atoms with E-state index < -0.39 is 0 Å². The van der Waals surface area contributed by atoms with Crippen LogP contribution in [0.15, 0.2) is 51.5 Å². The van der Waals surface area contributed by atoms with Crippen molar-refractivity contribution in [1.29, 1.82) is 0 Å². The molecule has 0 radical (unpaired) electrons. The molecule has 6 heteroatoms. The maximum atomic E-state index is 5.62. The van der Waals surface area contributed by atoms with E-state index in [1.807, 2.05) is 6.92 Å². The van der Waals surface area contributed by atoms with Crippen LogP contribution in [0.4, 0.5) is 0 Å². The van der Waals surface area contributed by atoms with Gasteiger partial charge in [-0.3, -0.25) is 0 Å². The van der Waals surface area contributed by atoms with Crippen molar-refractivity contribution in [3.8, 4) is 5.75 Å². The first-order chi connectivity index (χ1) is 11.7. The van der Waals surface area contributed by atoms with Gasteiger partial charge in [-0.1, -0.05) is 18.2 Å². The van der Waals surface area contributed by atoms with E-state index >= 15 is 0 Å². The molecule has 0 bridgehead atoms. The van der Waals surface area contributed by atoms with Gasteiger partial charge in [0.1, 0.15) is 5.75 Å². The Labute approximate surface area is 171 Å². The third-order valence-corrected chi connectivity index (χ3v) is 5.10. The van der Waals surface area contributed by atoms with E-state index in [4.69, 9.17) is 4.74 Å². The van der Waals surface area contributed by atoms with Crippen molar-refractivity contribution in [2.24, 2.45) is 0 Å². The van der Waals surface area contributed by atoms with Crippen LogP contribution in [0, 0.1) is 0 Å². The number of rotatable bonds is 7. The summed E-state index contributed by atoms with van der Waals surface area (Å²) in [5, 5.41) is 4.83. The topological polar surface area (TPSA) is 37.0 Å². The highest BCUT2D eigenvalue weighted by Crippen LogP contribution is 2.34. The Morgan fingerprint density at radius 1 is 1.12 bits per heavy atom. The van der Waals surface area contributed by atoms with Crippen LogP contribution < -0.4 is 10.1 Å². The summed E-state index contributed by atoms with van der Waals surface area (Å²) < 4.78 is 7.58. The van der Waals surface area contributed by atoms with Crippen LogP contribution in [-0.2, 0) is 13.0 Å². The summed E-state index contributed by atoms with van der Waals surface area (Å²) in [7, 11) is 0. The molecule has 1 heterocycles. The minimum absolute atomic E-state index is 0. The first-order valence-electron chi connectivity index (χ1n) is 8.05. The number of nitrogens with one attached hydrogen (secondary N) is 2. The number of ether oxygens (including phenoxy) is 1. The first kappa shape index (κ1) is 20.3. The van der Waals surface area contributed by atoms with Crippen LogP contribution in [0.3, 0.4) is 0 Å². The molecule has 3 aromatic rings. The molecule has 0 aliphatic carbocycles. The normalized spacial score (nSPS) is 10.7. The van der Waals surface area contributed by atoms with Gasteiger partial charge in [-0.15, -0.1) is 12.4 Å². The summed E-state index contributed by atoms with van der Waals surface area (Å²) in [5.74, 6) is 0.861. The number of hydrogen-bond donors (Lipinski definition) is 2. The molecule has 0 saturated carbocycles. The van der Waals surface area contributed by atoms with E-state index in [-0.39, 0.29) is 12.4 Å². The third kappa shape index (κ3) is 5.00. The maximum Gasteiger partial charge on any atom is 0.147 e. The van der Waals surface area contributed by atoms with Gasteiger partial charge in [-0.25, -0.2) is 0 Å². The predicted octanol–water partition coefficient (Wildman–Crippen LogP) is 5.85. The fourth-order valence-corrected chi connectivity index (χ4v) is 4.30. The number of hydrogen-bond acceptors (Lipinski definition) is 2. The molecule has 2 aromatic carbocycles. The molecule has 0 amide bonds. The number of para-hydroxylation sites is 1. The molecule has 2 N–H and O–H groups in total. The van der Waals surface area contributed by atoms with Gasteiger partial charge in [-0.2, -0.15) is 0 Å². The first-order valence-corrected chi connectivity index (χ1v) is 9.64. The molecule has 0 spiro atoms. The van der Waals surface area contributed by atoms with Crippen molar-refractivity contribution in [3.05, 3.63) is 62.7 Å². The van der Waals surface area contributed by atoms with E-state index in [9.17, 15) is 0 Å². The van der Waals surface area contributed by atoms with Crippen LogP contribution in [0.2, 0.25) is 0 Å². The molecule has 0 unspecified atom stereocenters. The van der Waals surface area contributed by atoms with Crippen molar-refractivity contribution in [2.45, 2.75) is 19.9 Å². The van der Waals surface area contributed by atoms with E-state index in [0.29, 0.717) is 6.61 Å². The zero-order valence-corrected chi connectivity index (χ0v) is 17.9. The Kier molecular flexibility index (Phi) is 7.81. The van der Waals surface area contributed by atoms with E-state index in [2.05, 4.69) is 84.8 Å². The quantitative estimate of drug-likeness (QED) is 0.410. The van der Waals surface area contributed by atoms with Crippen LogP contribution in [0.1, 0.15) is 18.1 Å². The maximum absolute atomic E-state index is 5.62. The highest BCUT2D eigenvalue weighted by molar-refractivity contribution is 9.11. The SMILES string of the molecule is CCOc1c(Br)cc(CNCCc2c[nH]c3ccccc23)cc1Br.Cl. The monoisotopic (exact) mass is 486 g/mol. The van der Waals surface area contributed by atoms with Crippen LogP contribution in [0.25, 0.3) is 10.9 Å². The number of aromatic amines is 1. The fraction of sp³-hybridized carbons (Fsp3) is 0.263. The lowest BCUT2D eigenvalue weighted by molar-refractivity contribution is 0.336. The van der Waals surface area contributed by atoms with Crippen molar-refractivity contribution < 1.29 is 4.74 Å². The molecule has 0 aliphatic heterocycles. The Hall–Kier alpha value is -1.01. The number of H-pyrrole nitrogens is 1. The summed E-state index contributed by atoms with van der Waals surface area (Å²) in [6, 6.07) is 12.6. The minimum atomic E-state index is 0. The summed E-state index contributed by atoms with van der Waals surface area (Å²) in [6.07, 6.45) is 3.11. The standard InChI is InChI=1S/C19H20Br2N2O.ClH/c1-2-24-19-16(20)9-13(10-17(19)21)11-22-8-7-14-12-23-18-6-4-3-5-15(14)18;/h3-6,9-10,12,22-23H,2,7-8,11H2,1H3;1H. The number of benzene rings is 2. The molecule has 0 saturated heterocycles. The van der Waals surface area contributed by atoms with Gasteiger partial charge in [-0.05, 0) is 81.1 Å². The average Bonchev–Trinajstić information content (AvgIpc) is 2.98. The highest BCUT2D eigenvalue weighted by Gasteiger charge is 2.08. The molecular formula is C19H21Br2ClN2O. The Bertz CT molecular complexity index is 812. The molecule has 134 valence electrons. The van der Waals surface area contributed by atoms with E-state index in [1.54, 1.807) is 0 Å². The van der Waals surface area contributed by atoms with Gasteiger partial charge in [0, 0.05) is 23.6 Å². The minimum Gasteiger partial charge on any atom is -0.492 e. The Balaban J connectivity index is 0.00000225. The molecule has 25 heavy (non-hydrogen) atoms. The van der Waals surface area contributed by atoms with Crippen LogP contribution >= 0.6 is 44.3 Å². The highest BCUT2D eigenvalue weighted by atomic mass is 79.9. The molecule has 0 aliphatic rings. The van der Waals surface area contributed by atoms with Crippen molar-refractivity contribution in [3.63, 3.8) is 0 Å². The fourth-order valence-electron chi connectivity index (χ4n) is 2.79. The molecule has 3 rings (SSSR count). The van der Waals surface area contributed by atoms with Crippen LogP contribution in [0.5, 0.6) is 5.75 Å². The predicted molar refractivity (Wildman–Crippen MR) is 114 cm³/mol. The molecule has 3 nitrogen and oxygen atoms in total. The number of halogens is 3. The van der Waals surface area contributed by atoms with Gasteiger partial charge in [0.2, 0.25) is 0 Å². The second-order valence-electron chi connectivity index (χ2n) is 5.61. The second kappa shape index (κ2) is 9.62. The molecule has 1 aromatic heterocycles. The van der Waals surface area contributed by atoms with Gasteiger partial charge in [0.25, 0.3) is 0 Å². The average molecular weight is 489 g/mol. The van der Waals surface area contributed by atoms with Crippen molar-refractivity contribution in [1.82, 2.24) is 10.3 Å². The zero-order valence-electron chi connectivity index (χ0n) is 13.9. The Morgan fingerprint density at radius 3 is 2.56 bits per heavy atom. The largest absolute Gasteiger partial charge is 0.492 e. The summed E-state index contributed by atoms with van der Waals surface area (Å²) in [6.45, 7) is 4.40. The molecule has 0 atom stereocenters. The number of fused-ring (bicyclic) bond motifs is 1. The number of aromatic nitrogens is 1. The van der Waals surface area contributed by atoms with Gasteiger partial charge in [0.15, 0.2) is 0 Å². The van der Waals surface area contributed by atoms with Gasteiger partial charge >= 0.3 is 0 Å². The second-order valence-corrected chi connectivity index (χ2v) is 7.32. The van der Waals surface area contributed by atoms with Crippen molar-refractivity contribution >= 4 is 55.2 Å². The molecule has 0 fully saturated rings.